The number of hydrogen-bond acceptors (Lipinski definition) is 5. The Hall–Kier alpha value is -2.74. The average Bonchev–Trinajstić information content (AvgIpc) is 3.09. The first-order chi connectivity index (χ1) is 13.3. The van der Waals surface area contributed by atoms with Gasteiger partial charge >= 0.3 is 5.97 Å². The topological polar surface area (TPSA) is 111 Å². The van der Waals surface area contributed by atoms with Crippen LogP contribution in [-0.2, 0) is 17.6 Å². The molecule has 3 rings (SSSR count). The van der Waals surface area contributed by atoms with E-state index in [1.807, 2.05) is 0 Å². The van der Waals surface area contributed by atoms with Crippen molar-refractivity contribution >= 4 is 35.0 Å². The van der Waals surface area contributed by atoms with Crippen LogP contribution in [0, 0.1) is 0 Å². The van der Waals surface area contributed by atoms with Crippen LogP contribution in [0.5, 0.6) is 0 Å². The van der Waals surface area contributed by atoms with Gasteiger partial charge in [0.05, 0.1) is 11.9 Å². The Labute approximate surface area is 170 Å². The monoisotopic (exact) mass is 418 g/mol. The van der Waals surface area contributed by atoms with Gasteiger partial charge in [0.2, 0.25) is 0 Å². The van der Waals surface area contributed by atoms with Crippen LogP contribution in [0.4, 0.5) is 0 Å². The molecule has 0 saturated carbocycles. The quantitative estimate of drug-likeness (QED) is 0.570. The Morgan fingerprint density at radius 2 is 1.86 bits per heavy atom. The van der Waals surface area contributed by atoms with Gasteiger partial charge in [0.15, 0.2) is 10.9 Å². The number of nitrogens with two attached hydrogens (primary N) is 1. The molecule has 0 aliphatic carbocycles. The molecule has 1 atom stereocenters. The zero-order valence-electron chi connectivity index (χ0n) is 14.5. The standard InChI is InChI=1S/C19H16Cl2N4O3/c20-13-5-6-16(25-10-18(21)23-24-25)14(9-13)17(26)8-12-4-2-1-3-11(12)7-15(22)19(27)28/h1-6,9-10,15H,7-8,22H2,(H,27,28)/t15-/m0/s1. The van der Waals surface area contributed by atoms with Crippen LogP contribution in [0.15, 0.2) is 48.7 Å². The summed E-state index contributed by atoms with van der Waals surface area (Å²) in [6.07, 6.45) is 1.67. The van der Waals surface area contributed by atoms with Crippen LogP contribution in [0.25, 0.3) is 5.69 Å². The number of halogens is 2. The molecule has 0 aliphatic heterocycles. The van der Waals surface area contributed by atoms with Gasteiger partial charge in [-0.25, -0.2) is 4.68 Å². The fourth-order valence-electron chi connectivity index (χ4n) is 2.81. The summed E-state index contributed by atoms with van der Waals surface area (Å²) >= 11 is 11.9. The molecule has 3 aromatic rings. The maximum absolute atomic E-state index is 13.0. The summed E-state index contributed by atoms with van der Waals surface area (Å²) in [6, 6.07) is 10.9. The fraction of sp³-hybridized carbons (Fsp3) is 0.158. The number of ketones is 1. The van der Waals surface area contributed by atoms with E-state index in [9.17, 15) is 9.59 Å². The van der Waals surface area contributed by atoms with E-state index in [0.29, 0.717) is 27.4 Å². The van der Waals surface area contributed by atoms with E-state index < -0.39 is 12.0 Å². The maximum atomic E-state index is 13.0. The van der Waals surface area contributed by atoms with Crippen molar-refractivity contribution in [1.82, 2.24) is 15.0 Å². The highest BCUT2D eigenvalue weighted by molar-refractivity contribution is 6.31. The zero-order valence-corrected chi connectivity index (χ0v) is 16.1. The first-order valence-corrected chi connectivity index (χ1v) is 9.07. The molecule has 0 aliphatic rings. The van der Waals surface area contributed by atoms with Crippen molar-refractivity contribution < 1.29 is 14.7 Å². The lowest BCUT2D eigenvalue weighted by Gasteiger charge is -2.13. The Balaban J connectivity index is 1.92. The number of aliphatic carboxylic acids is 1. The zero-order chi connectivity index (χ0) is 20.3. The number of rotatable bonds is 7. The number of carbonyl (C=O) groups is 2. The van der Waals surface area contributed by atoms with Crippen molar-refractivity contribution in [2.24, 2.45) is 5.73 Å². The maximum Gasteiger partial charge on any atom is 0.320 e. The van der Waals surface area contributed by atoms with Crippen molar-refractivity contribution in [3.05, 3.63) is 75.5 Å². The molecule has 144 valence electrons. The summed E-state index contributed by atoms with van der Waals surface area (Å²) < 4.78 is 1.40. The summed E-state index contributed by atoms with van der Waals surface area (Å²) in [5.74, 6) is -1.30. The van der Waals surface area contributed by atoms with Crippen molar-refractivity contribution in [3.63, 3.8) is 0 Å². The van der Waals surface area contributed by atoms with Gasteiger partial charge in [-0.05, 0) is 35.7 Å². The van der Waals surface area contributed by atoms with Crippen LogP contribution < -0.4 is 5.73 Å². The molecule has 0 fully saturated rings. The molecule has 2 aromatic carbocycles. The molecule has 0 saturated heterocycles. The van der Waals surface area contributed by atoms with Gasteiger partial charge in [-0.3, -0.25) is 9.59 Å². The van der Waals surface area contributed by atoms with Crippen LogP contribution in [0.1, 0.15) is 21.5 Å². The van der Waals surface area contributed by atoms with E-state index in [2.05, 4.69) is 10.3 Å². The predicted molar refractivity (Wildman–Crippen MR) is 105 cm³/mol. The third-order valence-electron chi connectivity index (χ3n) is 4.20. The van der Waals surface area contributed by atoms with Gasteiger partial charge in [-0.2, -0.15) is 0 Å². The summed E-state index contributed by atoms with van der Waals surface area (Å²) in [4.78, 5) is 24.1. The lowest BCUT2D eigenvalue weighted by Crippen LogP contribution is -2.32. The highest BCUT2D eigenvalue weighted by Crippen LogP contribution is 2.23. The molecular weight excluding hydrogens is 403 g/mol. The van der Waals surface area contributed by atoms with Gasteiger partial charge in [-0.15, -0.1) is 5.10 Å². The lowest BCUT2D eigenvalue weighted by molar-refractivity contribution is -0.138. The molecular formula is C19H16Cl2N4O3. The number of carboxylic acid groups (broad SMARTS) is 1. The van der Waals surface area contributed by atoms with Crippen molar-refractivity contribution in [3.8, 4) is 5.69 Å². The van der Waals surface area contributed by atoms with Gasteiger partial charge in [-0.1, -0.05) is 52.7 Å². The third kappa shape index (κ3) is 4.56. The van der Waals surface area contributed by atoms with Gasteiger partial charge < -0.3 is 10.8 Å². The first-order valence-electron chi connectivity index (χ1n) is 8.31. The number of carboxylic acids is 1. The molecule has 1 heterocycles. The van der Waals surface area contributed by atoms with Gasteiger partial charge in [0, 0.05) is 17.0 Å². The molecule has 1 aromatic heterocycles. The van der Waals surface area contributed by atoms with E-state index in [1.165, 1.54) is 10.9 Å². The van der Waals surface area contributed by atoms with E-state index in [-0.39, 0.29) is 23.8 Å². The molecule has 28 heavy (non-hydrogen) atoms. The van der Waals surface area contributed by atoms with Crippen molar-refractivity contribution in [2.45, 2.75) is 18.9 Å². The fourth-order valence-corrected chi connectivity index (χ4v) is 3.11. The number of hydrogen-bond donors (Lipinski definition) is 2. The number of aromatic nitrogens is 3. The second kappa shape index (κ2) is 8.52. The molecule has 0 radical (unpaired) electrons. The van der Waals surface area contributed by atoms with E-state index in [1.54, 1.807) is 42.5 Å². The van der Waals surface area contributed by atoms with Gasteiger partial charge in [0.1, 0.15) is 6.04 Å². The molecule has 7 nitrogen and oxygen atoms in total. The first kappa shape index (κ1) is 20.0. The number of nitrogens with zero attached hydrogens (tertiary/aromatic N) is 3. The molecule has 0 bridgehead atoms. The van der Waals surface area contributed by atoms with Crippen LogP contribution >= 0.6 is 23.2 Å². The van der Waals surface area contributed by atoms with Crippen LogP contribution in [0.3, 0.4) is 0 Å². The minimum absolute atomic E-state index is 0.0539. The summed E-state index contributed by atoms with van der Waals surface area (Å²) in [6.45, 7) is 0. The van der Waals surface area contributed by atoms with E-state index in [0.717, 1.165) is 0 Å². The Kier molecular flexibility index (Phi) is 6.08. The minimum Gasteiger partial charge on any atom is -0.480 e. The number of benzene rings is 2. The molecule has 0 amide bonds. The van der Waals surface area contributed by atoms with Gasteiger partial charge in [0.25, 0.3) is 0 Å². The van der Waals surface area contributed by atoms with Crippen LogP contribution in [-0.4, -0.2) is 37.9 Å². The summed E-state index contributed by atoms with van der Waals surface area (Å²) in [5, 5.41) is 17.3. The molecule has 3 N–H and O–H groups in total. The second-order valence-electron chi connectivity index (χ2n) is 6.16. The summed E-state index contributed by atoms with van der Waals surface area (Å²) in [7, 11) is 0. The Morgan fingerprint density at radius 3 is 2.50 bits per heavy atom. The lowest BCUT2D eigenvalue weighted by atomic mass is 9.94. The normalized spacial score (nSPS) is 12.0. The van der Waals surface area contributed by atoms with E-state index >= 15 is 0 Å². The number of Topliss-reactive ketones (excluding diaryl/α,β-unsaturated/α-hetero) is 1. The Bertz CT molecular complexity index is 1040. The molecule has 0 unspecified atom stereocenters. The SMILES string of the molecule is N[C@@H](Cc1ccccc1CC(=O)c1cc(Cl)ccc1-n1cc(Cl)nn1)C(=O)O. The highest BCUT2D eigenvalue weighted by Gasteiger charge is 2.19. The minimum atomic E-state index is -1.10. The average molecular weight is 419 g/mol. The van der Waals surface area contributed by atoms with Crippen molar-refractivity contribution in [1.29, 1.82) is 0 Å². The predicted octanol–water partition coefficient (Wildman–Crippen LogP) is 2.95. The van der Waals surface area contributed by atoms with E-state index in [4.69, 9.17) is 34.0 Å². The Morgan fingerprint density at radius 1 is 1.14 bits per heavy atom. The smallest absolute Gasteiger partial charge is 0.320 e. The molecule has 9 heteroatoms. The largest absolute Gasteiger partial charge is 0.480 e. The highest BCUT2D eigenvalue weighted by atomic mass is 35.5. The number of carbonyl (C=O) groups excluding carboxylic acids is 1. The molecule has 0 spiro atoms. The summed E-state index contributed by atoms with van der Waals surface area (Å²) in [5.41, 5.74) is 7.90. The second-order valence-corrected chi connectivity index (χ2v) is 6.99. The van der Waals surface area contributed by atoms with Crippen LogP contribution in [0.2, 0.25) is 10.2 Å². The van der Waals surface area contributed by atoms with Crippen molar-refractivity contribution in [2.75, 3.05) is 0 Å². The third-order valence-corrected chi connectivity index (χ3v) is 4.61.